The number of rotatable bonds is 4. The van der Waals surface area contributed by atoms with Gasteiger partial charge in [-0.05, 0) is 48.5 Å². The summed E-state index contributed by atoms with van der Waals surface area (Å²) in [4.78, 5) is 1.89. The highest BCUT2D eigenvalue weighted by Crippen LogP contribution is 2.25. The molecule has 0 aliphatic carbocycles. The van der Waals surface area contributed by atoms with Crippen molar-refractivity contribution in [1.29, 1.82) is 0 Å². The Balaban J connectivity index is 1.86. The first-order chi connectivity index (χ1) is 12.4. The molecule has 0 unspecified atom stereocenters. The quantitative estimate of drug-likeness (QED) is 0.772. The maximum absolute atomic E-state index is 11.9. The molecule has 3 rings (SSSR count). The largest absolute Gasteiger partial charge is 0.337 e. The van der Waals surface area contributed by atoms with Gasteiger partial charge in [0.2, 0.25) is 0 Å². The van der Waals surface area contributed by atoms with E-state index in [4.69, 9.17) is 23.8 Å². The zero-order valence-corrected chi connectivity index (χ0v) is 16.6. The molecule has 1 heterocycles. The Morgan fingerprint density at radius 3 is 2.62 bits per heavy atom. The minimum Gasteiger partial charge on any atom is -0.337 e. The maximum atomic E-state index is 11.9. The molecule has 0 aromatic heterocycles. The third-order valence-electron chi connectivity index (χ3n) is 4.28. The Hall–Kier alpha value is -1.89. The lowest BCUT2D eigenvalue weighted by molar-refractivity contribution is 0.380. The summed E-state index contributed by atoms with van der Waals surface area (Å²) < 4.78 is 23.8. The molecule has 136 valence electrons. The van der Waals surface area contributed by atoms with Crippen molar-refractivity contribution < 1.29 is 8.42 Å². The number of hydrogen-bond acceptors (Lipinski definition) is 3. The van der Waals surface area contributed by atoms with Crippen molar-refractivity contribution in [2.24, 2.45) is 0 Å². The molecule has 0 fully saturated rings. The zero-order valence-electron chi connectivity index (χ0n) is 14.2. The summed E-state index contributed by atoms with van der Waals surface area (Å²) in [7, 11) is -3.18. The van der Waals surface area contributed by atoms with Crippen LogP contribution in [0.1, 0.15) is 11.1 Å². The number of nitrogens with one attached hydrogen (secondary N) is 1. The van der Waals surface area contributed by atoms with Gasteiger partial charge in [0, 0.05) is 22.7 Å². The number of hydrogen-bond donors (Lipinski definition) is 1. The van der Waals surface area contributed by atoms with Crippen molar-refractivity contribution in [2.75, 3.05) is 11.1 Å². The van der Waals surface area contributed by atoms with Crippen LogP contribution in [0.3, 0.4) is 0 Å². The Kier molecular flexibility index (Phi) is 5.65. The normalized spacial score (nSPS) is 17.8. The summed E-state index contributed by atoms with van der Waals surface area (Å²) >= 11 is 11.8. The van der Waals surface area contributed by atoms with E-state index < -0.39 is 9.84 Å². The Bertz CT molecular complexity index is 943. The van der Waals surface area contributed by atoms with E-state index in [9.17, 15) is 8.42 Å². The average molecular weight is 407 g/mol. The van der Waals surface area contributed by atoms with Gasteiger partial charge in [0.25, 0.3) is 0 Å². The molecule has 1 N–H and O–H groups in total. The van der Waals surface area contributed by atoms with Crippen LogP contribution in [0.15, 0.2) is 60.0 Å². The van der Waals surface area contributed by atoms with Gasteiger partial charge < -0.3 is 10.2 Å². The lowest BCUT2D eigenvalue weighted by atomic mass is 10.2. The molecule has 1 aliphatic rings. The molecule has 0 amide bonds. The van der Waals surface area contributed by atoms with Crippen LogP contribution in [0.4, 0.5) is 5.69 Å². The van der Waals surface area contributed by atoms with E-state index in [1.54, 1.807) is 6.08 Å². The summed E-state index contributed by atoms with van der Waals surface area (Å²) in [6, 6.07) is 15.1. The fraction of sp³-hybridized carbons (Fsp3) is 0.211. The number of anilines is 1. The van der Waals surface area contributed by atoms with E-state index in [1.165, 1.54) is 5.41 Å². The van der Waals surface area contributed by atoms with Crippen molar-refractivity contribution in [1.82, 2.24) is 4.90 Å². The minimum absolute atomic E-state index is 0.0240. The molecule has 1 aliphatic heterocycles. The monoisotopic (exact) mass is 406 g/mol. The lowest BCUT2D eigenvalue weighted by Crippen LogP contribution is -2.42. The van der Waals surface area contributed by atoms with E-state index >= 15 is 0 Å². The molecule has 4 nitrogen and oxygen atoms in total. The second-order valence-electron chi connectivity index (χ2n) is 6.18. The van der Waals surface area contributed by atoms with E-state index in [0.717, 1.165) is 16.8 Å². The van der Waals surface area contributed by atoms with Crippen LogP contribution in [0.25, 0.3) is 0 Å². The van der Waals surface area contributed by atoms with Gasteiger partial charge in [-0.3, -0.25) is 0 Å². The molecule has 1 atom stereocenters. The summed E-state index contributed by atoms with van der Waals surface area (Å²) in [6.45, 7) is 2.42. The predicted molar refractivity (Wildman–Crippen MR) is 111 cm³/mol. The third-order valence-corrected chi connectivity index (χ3v) is 6.40. The molecule has 0 saturated heterocycles. The van der Waals surface area contributed by atoms with Crippen molar-refractivity contribution in [2.45, 2.75) is 19.5 Å². The second-order valence-corrected chi connectivity index (χ2v) is 8.91. The molecule has 2 aromatic carbocycles. The molecule has 7 heteroatoms. The molecular weight excluding hydrogens is 388 g/mol. The van der Waals surface area contributed by atoms with E-state index in [-0.39, 0.29) is 11.8 Å². The summed E-state index contributed by atoms with van der Waals surface area (Å²) in [6.07, 6.45) is 1.69. The molecule has 2 aromatic rings. The van der Waals surface area contributed by atoms with Gasteiger partial charge in [-0.1, -0.05) is 48.0 Å². The third kappa shape index (κ3) is 4.44. The van der Waals surface area contributed by atoms with Gasteiger partial charge in [0.15, 0.2) is 14.9 Å². The van der Waals surface area contributed by atoms with E-state index in [0.29, 0.717) is 16.7 Å². The van der Waals surface area contributed by atoms with Crippen LogP contribution in [0, 0.1) is 6.92 Å². The van der Waals surface area contributed by atoms with Gasteiger partial charge >= 0.3 is 0 Å². The average Bonchev–Trinajstić information content (AvgIpc) is 2.97. The van der Waals surface area contributed by atoms with Gasteiger partial charge in [0.05, 0.1) is 11.8 Å². The van der Waals surface area contributed by atoms with E-state index in [1.807, 2.05) is 60.4 Å². The highest BCUT2D eigenvalue weighted by molar-refractivity contribution is 7.94. The minimum atomic E-state index is -3.18. The fourth-order valence-electron chi connectivity index (χ4n) is 2.80. The molecule has 0 bridgehead atoms. The SMILES string of the molecule is Cc1c(Cl)cccc1NC(=S)N(Cc1ccccc1)[C@H]1C=CS(=O)(=O)C1. The van der Waals surface area contributed by atoms with Crippen LogP contribution in [0.5, 0.6) is 0 Å². The van der Waals surface area contributed by atoms with Crippen molar-refractivity contribution in [3.05, 3.63) is 76.2 Å². The number of benzene rings is 2. The first-order valence-corrected chi connectivity index (χ1v) is 10.6. The first-order valence-electron chi connectivity index (χ1n) is 8.13. The fourth-order valence-corrected chi connectivity index (χ4v) is 4.59. The van der Waals surface area contributed by atoms with Crippen LogP contribution in [0.2, 0.25) is 5.02 Å². The number of sulfone groups is 1. The van der Waals surface area contributed by atoms with Crippen LogP contribution < -0.4 is 5.32 Å². The summed E-state index contributed by atoms with van der Waals surface area (Å²) in [5.74, 6) is 0.0240. The van der Waals surface area contributed by atoms with Gasteiger partial charge in [-0.15, -0.1) is 0 Å². The number of halogens is 1. The highest BCUT2D eigenvalue weighted by atomic mass is 35.5. The van der Waals surface area contributed by atoms with Crippen molar-refractivity contribution in [3.8, 4) is 0 Å². The Morgan fingerprint density at radius 1 is 1.23 bits per heavy atom. The molecule has 26 heavy (non-hydrogen) atoms. The summed E-state index contributed by atoms with van der Waals surface area (Å²) in [5, 5.41) is 5.60. The highest BCUT2D eigenvalue weighted by Gasteiger charge is 2.29. The first kappa shape index (κ1) is 18.9. The zero-order chi connectivity index (χ0) is 18.7. The summed E-state index contributed by atoms with van der Waals surface area (Å²) in [5.41, 5.74) is 2.76. The topological polar surface area (TPSA) is 49.4 Å². The van der Waals surface area contributed by atoms with Gasteiger partial charge in [0.1, 0.15) is 0 Å². The number of thiocarbonyl (C=S) groups is 1. The molecule has 0 radical (unpaired) electrons. The molecular formula is C19H19ClN2O2S2. The predicted octanol–water partition coefficient (Wildman–Crippen LogP) is 4.16. The van der Waals surface area contributed by atoms with Crippen molar-refractivity contribution >= 4 is 44.5 Å². The van der Waals surface area contributed by atoms with Gasteiger partial charge in [-0.25, -0.2) is 8.42 Å². The van der Waals surface area contributed by atoms with Crippen LogP contribution in [-0.4, -0.2) is 30.2 Å². The number of nitrogens with zero attached hydrogens (tertiary/aromatic N) is 1. The Labute approximate surface area is 164 Å². The van der Waals surface area contributed by atoms with Crippen LogP contribution >= 0.6 is 23.8 Å². The molecule has 0 saturated carbocycles. The van der Waals surface area contributed by atoms with E-state index in [2.05, 4.69) is 5.32 Å². The standard InChI is InChI=1S/C19H19ClN2O2S2/c1-14-17(20)8-5-9-18(14)21-19(25)22(12-15-6-3-2-4-7-15)16-10-11-26(23,24)13-16/h2-11,16H,12-13H2,1H3,(H,21,25)/t16-/m0/s1. The lowest BCUT2D eigenvalue weighted by Gasteiger charge is -2.31. The molecule has 0 spiro atoms. The Morgan fingerprint density at radius 2 is 1.96 bits per heavy atom. The smallest absolute Gasteiger partial charge is 0.174 e. The van der Waals surface area contributed by atoms with Crippen molar-refractivity contribution in [3.63, 3.8) is 0 Å². The van der Waals surface area contributed by atoms with Gasteiger partial charge in [-0.2, -0.15) is 0 Å². The maximum Gasteiger partial charge on any atom is 0.174 e. The van der Waals surface area contributed by atoms with Crippen LogP contribution in [-0.2, 0) is 16.4 Å². The second kappa shape index (κ2) is 7.78.